The number of ether oxygens (including phenoxy) is 1. The number of nitrogens with zero attached hydrogens (tertiary/aromatic N) is 3. The lowest BCUT2D eigenvalue weighted by molar-refractivity contribution is -0.146. The van der Waals surface area contributed by atoms with Crippen molar-refractivity contribution in [3.63, 3.8) is 0 Å². The highest BCUT2D eigenvalue weighted by atomic mass is 32.1. The van der Waals surface area contributed by atoms with Gasteiger partial charge in [-0.05, 0) is 18.6 Å². The maximum atomic E-state index is 12.4. The molecule has 3 amide bonds. The van der Waals surface area contributed by atoms with E-state index in [1.165, 1.54) is 11.3 Å². The zero-order valence-corrected chi connectivity index (χ0v) is 16.0. The standard InChI is InChI=1S/C19H21N3O4S/c1-12-3-2-4-14-18(12)20-19(27-14)26-13-7-9-21(10-8-13)17(25)11-22-15(23)5-6-16(22)24/h2-4,13H,5-11H2,1H3. The number of rotatable bonds is 4. The van der Waals surface area contributed by atoms with Crippen LogP contribution >= 0.6 is 11.3 Å². The first-order valence-corrected chi connectivity index (χ1v) is 9.96. The van der Waals surface area contributed by atoms with Gasteiger partial charge in [-0.2, -0.15) is 0 Å². The number of amides is 3. The van der Waals surface area contributed by atoms with Crippen LogP contribution in [0.5, 0.6) is 5.19 Å². The molecule has 2 saturated heterocycles. The number of carbonyl (C=O) groups excluding carboxylic acids is 3. The van der Waals surface area contributed by atoms with Crippen LogP contribution in [0.1, 0.15) is 31.2 Å². The Bertz CT molecular complexity index is 885. The monoisotopic (exact) mass is 387 g/mol. The molecule has 142 valence electrons. The molecule has 0 atom stereocenters. The van der Waals surface area contributed by atoms with Crippen LogP contribution in [-0.4, -0.2) is 58.2 Å². The topological polar surface area (TPSA) is 79.8 Å². The van der Waals surface area contributed by atoms with Gasteiger partial charge in [0, 0.05) is 38.8 Å². The van der Waals surface area contributed by atoms with Gasteiger partial charge in [-0.1, -0.05) is 23.5 Å². The predicted octanol–water partition coefficient (Wildman–Crippen LogP) is 2.12. The van der Waals surface area contributed by atoms with Gasteiger partial charge in [0.25, 0.3) is 5.19 Å². The van der Waals surface area contributed by atoms with Crippen molar-refractivity contribution in [1.29, 1.82) is 0 Å². The second kappa shape index (κ2) is 7.26. The van der Waals surface area contributed by atoms with Crippen molar-refractivity contribution in [1.82, 2.24) is 14.8 Å². The molecule has 2 fully saturated rings. The molecule has 2 aromatic rings. The second-order valence-electron chi connectivity index (χ2n) is 6.97. The van der Waals surface area contributed by atoms with Crippen molar-refractivity contribution in [3.8, 4) is 5.19 Å². The Kier molecular flexibility index (Phi) is 4.82. The molecule has 0 N–H and O–H groups in total. The normalized spacial score (nSPS) is 18.6. The Morgan fingerprint density at radius 1 is 1.22 bits per heavy atom. The van der Waals surface area contributed by atoms with E-state index in [9.17, 15) is 14.4 Å². The number of aryl methyl sites for hydroxylation is 1. The van der Waals surface area contributed by atoms with Gasteiger partial charge < -0.3 is 9.64 Å². The lowest BCUT2D eigenvalue weighted by Crippen LogP contribution is -2.47. The second-order valence-corrected chi connectivity index (χ2v) is 7.97. The Labute approximate surface area is 160 Å². The fraction of sp³-hybridized carbons (Fsp3) is 0.474. The molecule has 0 saturated carbocycles. The number of benzene rings is 1. The first-order chi connectivity index (χ1) is 13.0. The Morgan fingerprint density at radius 3 is 2.59 bits per heavy atom. The van der Waals surface area contributed by atoms with E-state index in [1.807, 2.05) is 25.1 Å². The smallest absolute Gasteiger partial charge is 0.274 e. The van der Waals surface area contributed by atoms with Gasteiger partial charge in [-0.15, -0.1) is 0 Å². The number of carbonyl (C=O) groups is 3. The third-order valence-electron chi connectivity index (χ3n) is 5.11. The van der Waals surface area contributed by atoms with Crippen LogP contribution in [0.4, 0.5) is 0 Å². The lowest BCUT2D eigenvalue weighted by atomic mass is 10.1. The zero-order chi connectivity index (χ0) is 19.0. The van der Waals surface area contributed by atoms with Crippen molar-refractivity contribution in [3.05, 3.63) is 23.8 Å². The van der Waals surface area contributed by atoms with Crippen molar-refractivity contribution in [2.24, 2.45) is 0 Å². The number of para-hydroxylation sites is 1. The Balaban J connectivity index is 1.32. The molecule has 27 heavy (non-hydrogen) atoms. The molecular weight excluding hydrogens is 366 g/mol. The molecule has 4 rings (SSSR count). The summed E-state index contributed by atoms with van der Waals surface area (Å²) in [6.07, 6.45) is 1.86. The first-order valence-electron chi connectivity index (χ1n) is 9.15. The zero-order valence-electron chi connectivity index (χ0n) is 15.1. The summed E-state index contributed by atoms with van der Waals surface area (Å²) in [6.45, 7) is 3.01. The van der Waals surface area contributed by atoms with Gasteiger partial charge in [0.15, 0.2) is 0 Å². The van der Waals surface area contributed by atoms with E-state index in [1.54, 1.807) is 4.90 Å². The number of aromatic nitrogens is 1. The molecule has 7 nitrogen and oxygen atoms in total. The number of fused-ring (bicyclic) bond motifs is 1. The third-order valence-corrected chi connectivity index (χ3v) is 6.02. The fourth-order valence-electron chi connectivity index (χ4n) is 3.52. The van der Waals surface area contributed by atoms with Crippen LogP contribution in [0.25, 0.3) is 10.2 Å². The molecule has 0 aliphatic carbocycles. The van der Waals surface area contributed by atoms with Crippen LogP contribution < -0.4 is 4.74 Å². The van der Waals surface area contributed by atoms with Crippen LogP contribution in [-0.2, 0) is 14.4 Å². The predicted molar refractivity (Wildman–Crippen MR) is 101 cm³/mol. The molecule has 2 aliphatic rings. The molecule has 1 aromatic heterocycles. The van der Waals surface area contributed by atoms with E-state index in [0.29, 0.717) is 31.1 Å². The maximum Gasteiger partial charge on any atom is 0.274 e. The number of hydrogen-bond acceptors (Lipinski definition) is 6. The Hall–Kier alpha value is -2.48. The first kappa shape index (κ1) is 17.9. The quantitative estimate of drug-likeness (QED) is 0.751. The van der Waals surface area contributed by atoms with Crippen LogP contribution in [0.2, 0.25) is 0 Å². The van der Waals surface area contributed by atoms with Gasteiger partial charge in [-0.3, -0.25) is 19.3 Å². The van der Waals surface area contributed by atoms with Gasteiger partial charge in [0.05, 0.1) is 10.2 Å². The highest BCUT2D eigenvalue weighted by Crippen LogP contribution is 2.31. The van der Waals surface area contributed by atoms with Crippen molar-refractivity contribution < 1.29 is 19.1 Å². The summed E-state index contributed by atoms with van der Waals surface area (Å²) in [6, 6.07) is 6.08. The van der Waals surface area contributed by atoms with Crippen LogP contribution in [0.15, 0.2) is 18.2 Å². The third kappa shape index (κ3) is 3.66. The minimum atomic E-state index is -0.252. The molecule has 8 heteroatoms. The molecule has 3 heterocycles. The number of likely N-dealkylation sites (tertiary alicyclic amines) is 2. The van der Waals surface area contributed by atoms with Crippen molar-refractivity contribution in [2.75, 3.05) is 19.6 Å². The molecule has 1 aromatic carbocycles. The summed E-state index contributed by atoms with van der Waals surface area (Å²) in [5.41, 5.74) is 2.11. The lowest BCUT2D eigenvalue weighted by Gasteiger charge is -2.32. The van der Waals surface area contributed by atoms with E-state index in [2.05, 4.69) is 4.98 Å². The SMILES string of the molecule is Cc1cccc2sc(OC3CCN(C(=O)CN4C(=O)CCC4=O)CC3)nc12. The minimum Gasteiger partial charge on any atom is -0.467 e. The van der Waals surface area contributed by atoms with Crippen LogP contribution in [0, 0.1) is 6.92 Å². The largest absolute Gasteiger partial charge is 0.467 e. The summed E-state index contributed by atoms with van der Waals surface area (Å²) in [7, 11) is 0. The van der Waals surface area contributed by atoms with E-state index < -0.39 is 0 Å². The summed E-state index contributed by atoms with van der Waals surface area (Å²) >= 11 is 1.54. The maximum absolute atomic E-state index is 12.4. The van der Waals surface area contributed by atoms with E-state index in [0.717, 1.165) is 20.7 Å². The van der Waals surface area contributed by atoms with E-state index in [4.69, 9.17) is 4.74 Å². The van der Waals surface area contributed by atoms with E-state index >= 15 is 0 Å². The van der Waals surface area contributed by atoms with Crippen molar-refractivity contribution >= 4 is 39.3 Å². The average molecular weight is 387 g/mol. The van der Waals surface area contributed by atoms with Crippen molar-refractivity contribution in [2.45, 2.75) is 38.7 Å². The van der Waals surface area contributed by atoms with Gasteiger partial charge in [0.2, 0.25) is 17.7 Å². The van der Waals surface area contributed by atoms with E-state index in [-0.39, 0.29) is 43.2 Å². The van der Waals surface area contributed by atoms with Crippen LogP contribution in [0.3, 0.4) is 0 Å². The fourth-order valence-corrected chi connectivity index (χ4v) is 4.48. The molecular formula is C19H21N3O4S. The molecule has 0 spiro atoms. The summed E-state index contributed by atoms with van der Waals surface area (Å²) in [5, 5.41) is 0.664. The van der Waals surface area contributed by atoms with Gasteiger partial charge in [-0.25, -0.2) is 4.98 Å². The molecule has 0 unspecified atom stereocenters. The minimum absolute atomic E-state index is 0.0185. The molecule has 2 aliphatic heterocycles. The molecule has 0 bridgehead atoms. The average Bonchev–Trinajstić information content (AvgIpc) is 3.21. The Morgan fingerprint density at radius 2 is 1.93 bits per heavy atom. The summed E-state index contributed by atoms with van der Waals surface area (Å²) in [4.78, 5) is 43.1. The highest BCUT2D eigenvalue weighted by molar-refractivity contribution is 7.20. The van der Waals surface area contributed by atoms with Gasteiger partial charge in [0.1, 0.15) is 12.6 Å². The van der Waals surface area contributed by atoms with Gasteiger partial charge >= 0.3 is 0 Å². The number of hydrogen-bond donors (Lipinski definition) is 0. The summed E-state index contributed by atoms with van der Waals surface area (Å²) in [5.74, 6) is -0.678. The number of piperidine rings is 1. The highest BCUT2D eigenvalue weighted by Gasteiger charge is 2.33. The molecule has 0 radical (unpaired) electrons. The number of thiazole rings is 1. The number of imide groups is 1. The summed E-state index contributed by atoms with van der Waals surface area (Å²) < 4.78 is 7.15.